The second-order valence-electron chi connectivity index (χ2n) is 8.04. The fraction of sp³-hybridized carbons (Fsp3) is 0.800. The molecule has 1 saturated heterocycles. The predicted molar refractivity (Wildman–Crippen MR) is 77.7 cm³/mol. The van der Waals surface area contributed by atoms with Gasteiger partial charge in [-0.05, 0) is 58.3 Å². The lowest BCUT2D eigenvalue weighted by molar-refractivity contribution is -0.120. The monoisotopic (exact) mass is 274 g/mol. The quantitative estimate of drug-likeness (QED) is 0.791. The Morgan fingerprint density at radius 1 is 1.20 bits per heavy atom. The topological polar surface area (TPSA) is 36.3 Å². The highest BCUT2D eigenvalue weighted by Gasteiger charge is 2.56. The molecule has 4 fully saturated rings. The van der Waals surface area contributed by atoms with E-state index < -0.39 is 0 Å². The van der Waals surface area contributed by atoms with Crippen LogP contribution < -0.4 is 5.46 Å². The molecule has 5 rings (SSSR count). The first-order chi connectivity index (χ1) is 9.29. The average Bonchev–Trinajstić information content (AvgIpc) is 2.75. The molecule has 108 valence electrons. The van der Waals surface area contributed by atoms with E-state index >= 15 is 0 Å². The molecule has 4 aliphatic rings. The molecular formula is C15H23BN2O2. The molecule has 0 radical (unpaired) electrons. The normalized spacial score (nSPS) is 36.6. The van der Waals surface area contributed by atoms with E-state index in [1.165, 1.54) is 19.3 Å². The van der Waals surface area contributed by atoms with Crippen LogP contribution >= 0.6 is 0 Å². The molecular weight excluding hydrogens is 251 g/mol. The minimum Gasteiger partial charge on any atom is -0.399 e. The molecule has 1 aromatic rings. The molecule has 0 unspecified atom stereocenters. The van der Waals surface area contributed by atoms with Gasteiger partial charge in [0.05, 0.1) is 11.2 Å². The largest absolute Gasteiger partial charge is 0.498 e. The average molecular weight is 274 g/mol. The molecule has 1 aliphatic heterocycles. The van der Waals surface area contributed by atoms with Gasteiger partial charge in [-0.25, -0.2) is 0 Å². The third kappa shape index (κ3) is 1.72. The van der Waals surface area contributed by atoms with E-state index in [1.807, 2.05) is 6.20 Å². The van der Waals surface area contributed by atoms with E-state index in [-0.39, 0.29) is 18.3 Å². The Morgan fingerprint density at radius 2 is 1.80 bits per heavy atom. The van der Waals surface area contributed by atoms with Gasteiger partial charge in [0.15, 0.2) is 0 Å². The van der Waals surface area contributed by atoms with Crippen LogP contribution in [0.15, 0.2) is 12.4 Å². The first-order valence-electron chi connectivity index (χ1n) is 7.67. The van der Waals surface area contributed by atoms with E-state index in [1.54, 1.807) is 0 Å². The van der Waals surface area contributed by atoms with Gasteiger partial charge in [-0.1, -0.05) is 0 Å². The van der Waals surface area contributed by atoms with Crippen molar-refractivity contribution in [1.82, 2.24) is 9.78 Å². The van der Waals surface area contributed by atoms with Crippen LogP contribution in [0.3, 0.4) is 0 Å². The zero-order valence-electron chi connectivity index (χ0n) is 12.8. The van der Waals surface area contributed by atoms with E-state index in [0.717, 1.165) is 17.9 Å². The molecule has 3 saturated carbocycles. The molecule has 0 spiro atoms. The Hall–Kier alpha value is -0.805. The van der Waals surface area contributed by atoms with Crippen LogP contribution in [0.25, 0.3) is 0 Å². The Bertz CT molecular complexity index is 519. The Labute approximate surface area is 121 Å². The predicted octanol–water partition coefficient (Wildman–Crippen LogP) is 1.98. The van der Waals surface area contributed by atoms with Gasteiger partial charge in [-0.2, -0.15) is 5.10 Å². The van der Waals surface area contributed by atoms with Gasteiger partial charge in [-0.3, -0.25) is 4.68 Å². The van der Waals surface area contributed by atoms with Crippen LogP contribution in [0.5, 0.6) is 0 Å². The molecule has 4 nitrogen and oxygen atoms in total. The maximum Gasteiger partial charge on any atom is 0.498 e. The van der Waals surface area contributed by atoms with Crippen LogP contribution in [0.2, 0.25) is 0 Å². The summed E-state index contributed by atoms with van der Waals surface area (Å²) in [5.41, 5.74) is 1.04. The van der Waals surface area contributed by atoms with Gasteiger partial charge in [0.2, 0.25) is 0 Å². The number of nitrogens with zero attached hydrogens (tertiary/aromatic N) is 2. The number of hydrogen-bond donors (Lipinski definition) is 0. The van der Waals surface area contributed by atoms with Crippen molar-refractivity contribution in [2.24, 2.45) is 11.3 Å². The van der Waals surface area contributed by atoms with Gasteiger partial charge in [0, 0.05) is 24.4 Å². The van der Waals surface area contributed by atoms with Crippen molar-refractivity contribution in [3.05, 3.63) is 12.4 Å². The molecule has 3 aliphatic carbocycles. The van der Waals surface area contributed by atoms with Crippen molar-refractivity contribution < 1.29 is 9.31 Å². The first kappa shape index (κ1) is 12.9. The van der Waals surface area contributed by atoms with Gasteiger partial charge in [0.25, 0.3) is 0 Å². The highest BCUT2D eigenvalue weighted by atomic mass is 16.7. The Morgan fingerprint density at radius 3 is 2.30 bits per heavy atom. The molecule has 0 aromatic carbocycles. The minimum absolute atomic E-state index is 0.284. The van der Waals surface area contributed by atoms with Gasteiger partial charge < -0.3 is 9.31 Å². The molecule has 2 heterocycles. The van der Waals surface area contributed by atoms with Crippen molar-refractivity contribution in [3.63, 3.8) is 0 Å². The highest BCUT2D eigenvalue weighted by Crippen LogP contribution is 2.65. The second-order valence-corrected chi connectivity index (χ2v) is 8.04. The van der Waals surface area contributed by atoms with Crippen molar-refractivity contribution >= 4 is 12.6 Å². The molecule has 2 bridgehead atoms. The standard InChI is InChI=1S/C15H23BN2O2/c1-13(2)14(3,4)20-16(19-13)12-8-17-18(9-12)10-15-5-11(6-15)7-15/h8-9,11H,5-7,10H2,1-4H3. The first-order valence-corrected chi connectivity index (χ1v) is 7.67. The summed E-state index contributed by atoms with van der Waals surface area (Å²) in [6.07, 6.45) is 8.20. The molecule has 0 atom stereocenters. The third-order valence-electron chi connectivity index (χ3n) is 5.84. The SMILES string of the molecule is CC1(C)OB(c2cnn(CC34CC(C3)C4)c2)OC1(C)C. The van der Waals surface area contributed by atoms with Crippen molar-refractivity contribution in [2.45, 2.75) is 64.7 Å². The van der Waals surface area contributed by atoms with E-state index in [9.17, 15) is 0 Å². The third-order valence-corrected chi connectivity index (χ3v) is 5.84. The number of aromatic nitrogens is 2. The van der Waals surface area contributed by atoms with Crippen LogP contribution in [0, 0.1) is 11.3 Å². The Balaban J connectivity index is 1.48. The summed E-state index contributed by atoms with van der Waals surface area (Å²) in [7, 11) is -0.290. The van der Waals surface area contributed by atoms with Gasteiger partial charge in [0.1, 0.15) is 0 Å². The summed E-state index contributed by atoms with van der Waals surface area (Å²) in [6.45, 7) is 9.39. The van der Waals surface area contributed by atoms with E-state index in [0.29, 0.717) is 5.41 Å². The summed E-state index contributed by atoms with van der Waals surface area (Å²) >= 11 is 0. The Kier molecular flexibility index (Phi) is 2.38. The van der Waals surface area contributed by atoms with Crippen molar-refractivity contribution in [1.29, 1.82) is 0 Å². The summed E-state index contributed by atoms with van der Waals surface area (Å²) in [5, 5.41) is 4.50. The fourth-order valence-corrected chi connectivity index (χ4v) is 3.76. The molecule has 20 heavy (non-hydrogen) atoms. The van der Waals surface area contributed by atoms with Crippen LogP contribution in [-0.4, -0.2) is 28.1 Å². The maximum atomic E-state index is 6.07. The fourth-order valence-electron chi connectivity index (χ4n) is 3.76. The lowest BCUT2D eigenvalue weighted by atomic mass is 9.44. The highest BCUT2D eigenvalue weighted by molar-refractivity contribution is 6.61. The van der Waals surface area contributed by atoms with Crippen LogP contribution in [0.4, 0.5) is 0 Å². The van der Waals surface area contributed by atoms with E-state index in [2.05, 4.69) is 43.7 Å². The van der Waals surface area contributed by atoms with E-state index in [4.69, 9.17) is 9.31 Å². The summed E-state index contributed by atoms with van der Waals surface area (Å²) in [6, 6.07) is 0. The lowest BCUT2D eigenvalue weighted by Crippen LogP contribution is -2.54. The van der Waals surface area contributed by atoms with Gasteiger partial charge >= 0.3 is 7.12 Å². The minimum atomic E-state index is -0.290. The zero-order valence-corrected chi connectivity index (χ0v) is 12.8. The van der Waals surface area contributed by atoms with Crippen molar-refractivity contribution in [2.75, 3.05) is 0 Å². The van der Waals surface area contributed by atoms with Crippen LogP contribution in [-0.2, 0) is 15.9 Å². The molecule has 0 amide bonds. The van der Waals surface area contributed by atoms with Gasteiger partial charge in [-0.15, -0.1) is 0 Å². The molecule has 5 heteroatoms. The second kappa shape index (κ2) is 3.69. The number of rotatable bonds is 3. The summed E-state index contributed by atoms with van der Waals surface area (Å²) in [4.78, 5) is 0. The summed E-state index contributed by atoms with van der Waals surface area (Å²) < 4.78 is 14.2. The molecule has 0 N–H and O–H groups in total. The summed E-state index contributed by atoms with van der Waals surface area (Å²) in [5.74, 6) is 1.02. The smallest absolute Gasteiger partial charge is 0.399 e. The van der Waals surface area contributed by atoms with Crippen LogP contribution in [0.1, 0.15) is 47.0 Å². The molecule has 1 aromatic heterocycles. The number of hydrogen-bond acceptors (Lipinski definition) is 3. The maximum absolute atomic E-state index is 6.07. The lowest BCUT2D eigenvalue weighted by Gasteiger charge is -2.61. The zero-order chi connectivity index (χ0) is 14.2. The van der Waals surface area contributed by atoms with Crippen molar-refractivity contribution in [3.8, 4) is 0 Å².